The molecule has 1 N–H and O–H groups in total. The molecule has 0 saturated heterocycles. The summed E-state index contributed by atoms with van der Waals surface area (Å²) < 4.78 is 19.3. The molecule has 1 aromatic heterocycles. The molecule has 6 nitrogen and oxygen atoms in total. The number of aromatic nitrogens is 2. The van der Waals surface area contributed by atoms with Gasteiger partial charge in [-0.2, -0.15) is 5.26 Å². The SMILES string of the molecule is CC(Sc1nnc(-c2ccccc2F)o1)C(=O)NC1(C#N)CCCCC1. The van der Waals surface area contributed by atoms with E-state index < -0.39 is 16.6 Å². The topological polar surface area (TPSA) is 91.8 Å². The molecule has 1 fully saturated rings. The summed E-state index contributed by atoms with van der Waals surface area (Å²) in [6.07, 6.45) is 4.30. The summed E-state index contributed by atoms with van der Waals surface area (Å²) in [5.74, 6) is -0.630. The number of thioether (sulfide) groups is 1. The van der Waals surface area contributed by atoms with Crippen molar-refractivity contribution in [2.45, 2.75) is 55.0 Å². The number of carbonyl (C=O) groups is 1. The van der Waals surface area contributed by atoms with Gasteiger partial charge < -0.3 is 9.73 Å². The first-order valence-electron chi connectivity index (χ1n) is 8.51. The van der Waals surface area contributed by atoms with E-state index in [0.29, 0.717) is 12.8 Å². The lowest BCUT2D eigenvalue weighted by Crippen LogP contribution is -2.50. The highest BCUT2D eigenvalue weighted by Crippen LogP contribution is 2.30. The van der Waals surface area contributed by atoms with Crippen LogP contribution in [0.1, 0.15) is 39.0 Å². The molecule has 3 rings (SSSR count). The summed E-state index contributed by atoms with van der Waals surface area (Å²) in [4.78, 5) is 12.5. The van der Waals surface area contributed by atoms with E-state index >= 15 is 0 Å². The third-order valence-corrected chi connectivity index (χ3v) is 5.38. The largest absolute Gasteiger partial charge is 0.411 e. The Balaban J connectivity index is 1.65. The zero-order valence-electron chi connectivity index (χ0n) is 14.4. The van der Waals surface area contributed by atoms with Gasteiger partial charge in [0.2, 0.25) is 5.91 Å². The summed E-state index contributed by atoms with van der Waals surface area (Å²) in [5.41, 5.74) is -0.563. The van der Waals surface area contributed by atoms with E-state index in [0.717, 1.165) is 31.0 Å². The first kappa shape index (κ1) is 18.4. The van der Waals surface area contributed by atoms with Crippen LogP contribution in [0, 0.1) is 17.1 Å². The summed E-state index contributed by atoms with van der Waals surface area (Å²) in [6.45, 7) is 1.71. The van der Waals surface area contributed by atoms with Crippen LogP contribution in [0.4, 0.5) is 4.39 Å². The lowest BCUT2D eigenvalue weighted by atomic mass is 9.83. The van der Waals surface area contributed by atoms with E-state index in [1.165, 1.54) is 6.07 Å². The normalized spacial score (nSPS) is 17.3. The van der Waals surface area contributed by atoms with Gasteiger partial charge in [0.15, 0.2) is 0 Å². The van der Waals surface area contributed by atoms with E-state index in [4.69, 9.17) is 4.42 Å². The number of benzene rings is 1. The molecule has 1 aliphatic rings. The van der Waals surface area contributed by atoms with Crippen LogP contribution in [0.3, 0.4) is 0 Å². The molecule has 26 heavy (non-hydrogen) atoms. The van der Waals surface area contributed by atoms with Crippen molar-refractivity contribution in [3.05, 3.63) is 30.1 Å². The van der Waals surface area contributed by atoms with Crippen LogP contribution in [0.2, 0.25) is 0 Å². The lowest BCUT2D eigenvalue weighted by molar-refractivity contribution is -0.122. The average molecular weight is 374 g/mol. The maximum absolute atomic E-state index is 13.8. The number of halogens is 1. The second-order valence-corrected chi connectivity index (χ2v) is 7.65. The molecular formula is C18H19FN4O2S. The molecule has 1 saturated carbocycles. The Morgan fingerprint density at radius 2 is 2.08 bits per heavy atom. The van der Waals surface area contributed by atoms with E-state index in [-0.39, 0.29) is 22.6 Å². The van der Waals surface area contributed by atoms with Crippen LogP contribution in [-0.4, -0.2) is 26.9 Å². The minimum Gasteiger partial charge on any atom is -0.411 e. The Hall–Kier alpha value is -2.40. The van der Waals surface area contributed by atoms with Gasteiger partial charge in [0.05, 0.1) is 16.9 Å². The molecule has 0 radical (unpaired) electrons. The summed E-state index contributed by atoms with van der Waals surface area (Å²) in [7, 11) is 0. The van der Waals surface area contributed by atoms with Gasteiger partial charge >= 0.3 is 0 Å². The molecule has 1 aromatic carbocycles. The fourth-order valence-electron chi connectivity index (χ4n) is 2.96. The minimum absolute atomic E-state index is 0.0685. The molecule has 0 spiro atoms. The van der Waals surface area contributed by atoms with Crippen molar-refractivity contribution in [3.8, 4) is 17.5 Å². The smallest absolute Gasteiger partial charge is 0.277 e. The van der Waals surface area contributed by atoms with Crippen LogP contribution in [0.15, 0.2) is 33.9 Å². The van der Waals surface area contributed by atoms with Crippen LogP contribution < -0.4 is 5.32 Å². The number of rotatable bonds is 5. The van der Waals surface area contributed by atoms with Gasteiger partial charge in [-0.3, -0.25) is 4.79 Å². The Labute approximate surface area is 155 Å². The van der Waals surface area contributed by atoms with Crippen LogP contribution >= 0.6 is 11.8 Å². The maximum Gasteiger partial charge on any atom is 0.277 e. The lowest BCUT2D eigenvalue weighted by Gasteiger charge is -2.32. The first-order chi connectivity index (χ1) is 12.5. The van der Waals surface area contributed by atoms with Crippen molar-refractivity contribution < 1.29 is 13.6 Å². The fourth-order valence-corrected chi connectivity index (χ4v) is 3.65. The third-order valence-electron chi connectivity index (χ3n) is 4.44. The standard InChI is InChI=1S/C18H19FN4O2S/c1-12(15(24)21-18(11-20)9-5-2-6-10-18)26-17-23-22-16(25-17)13-7-3-4-8-14(13)19/h3-4,7-8,12H,2,5-6,9-10H2,1H3,(H,21,24). The predicted octanol–water partition coefficient (Wildman–Crippen LogP) is 3.70. The zero-order valence-corrected chi connectivity index (χ0v) is 15.2. The number of hydrogen-bond donors (Lipinski definition) is 1. The molecule has 0 aliphatic heterocycles. The molecule has 0 bridgehead atoms. The van der Waals surface area contributed by atoms with Crippen LogP contribution in [0.25, 0.3) is 11.5 Å². The quantitative estimate of drug-likeness (QED) is 0.803. The number of nitrogens with zero attached hydrogens (tertiary/aromatic N) is 3. The summed E-state index contributed by atoms with van der Waals surface area (Å²) in [6, 6.07) is 8.38. The van der Waals surface area contributed by atoms with Crippen molar-refractivity contribution in [2.24, 2.45) is 0 Å². The third kappa shape index (κ3) is 4.05. The Morgan fingerprint density at radius 3 is 2.77 bits per heavy atom. The van der Waals surface area contributed by atoms with Crippen molar-refractivity contribution in [1.29, 1.82) is 5.26 Å². The highest BCUT2D eigenvalue weighted by Gasteiger charge is 2.35. The highest BCUT2D eigenvalue weighted by atomic mass is 32.2. The van der Waals surface area contributed by atoms with E-state index in [2.05, 4.69) is 21.6 Å². The molecule has 1 heterocycles. The second kappa shape index (κ2) is 7.87. The predicted molar refractivity (Wildman–Crippen MR) is 94.6 cm³/mol. The van der Waals surface area contributed by atoms with Gasteiger partial charge in [0.1, 0.15) is 11.4 Å². The number of hydrogen-bond acceptors (Lipinski definition) is 6. The second-order valence-electron chi connectivity index (χ2n) is 6.36. The van der Waals surface area contributed by atoms with Gasteiger partial charge in [0.25, 0.3) is 11.1 Å². The molecule has 1 aliphatic carbocycles. The van der Waals surface area contributed by atoms with E-state index in [1.54, 1.807) is 25.1 Å². The number of amides is 1. The Morgan fingerprint density at radius 1 is 1.35 bits per heavy atom. The Kier molecular flexibility index (Phi) is 5.57. The number of carbonyl (C=O) groups excluding carboxylic acids is 1. The minimum atomic E-state index is -0.780. The molecule has 2 aromatic rings. The van der Waals surface area contributed by atoms with Gasteiger partial charge in [0, 0.05) is 0 Å². The molecule has 1 atom stereocenters. The van der Waals surface area contributed by atoms with Crippen molar-refractivity contribution in [1.82, 2.24) is 15.5 Å². The van der Waals surface area contributed by atoms with Gasteiger partial charge in [-0.25, -0.2) is 4.39 Å². The van der Waals surface area contributed by atoms with Crippen molar-refractivity contribution in [3.63, 3.8) is 0 Å². The Bertz CT molecular complexity index is 827. The number of nitrogens with one attached hydrogen (secondary N) is 1. The number of nitriles is 1. The van der Waals surface area contributed by atoms with Gasteiger partial charge in [-0.1, -0.05) is 43.2 Å². The molecule has 136 valence electrons. The summed E-state index contributed by atoms with van der Waals surface area (Å²) in [5, 5.41) is 19.7. The zero-order chi connectivity index (χ0) is 18.6. The fraction of sp³-hybridized carbons (Fsp3) is 0.444. The summed E-state index contributed by atoms with van der Waals surface area (Å²) >= 11 is 1.09. The van der Waals surface area contributed by atoms with Crippen molar-refractivity contribution >= 4 is 17.7 Å². The molecular weight excluding hydrogens is 355 g/mol. The van der Waals surface area contributed by atoms with Crippen LogP contribution in [0.5, 0.6) is 0 Å². The van der Waals surface area contributed by atoms with Gasteiger partial charge in [-0.05, 0) is 31.9 Å². The van der Waals surface area contributed by atoms with E-state index in [9.17, 15) is 14.4 Å². The molecule has 8 heteroatoms. The van der Waals surface area contributed by atoms with Crippen molar-refractivity contribution in [2.75, 3.05) is 0 Å². The monoisotopic (exact) mass is 374 g/mol. The van der Waals surface area contributed by atoms with Gasteiger partial charge in [-0.15, -0.1) is 10.2 Å². The van der Waals surface area contributed by atoms with Crippen LogP contribution in [-0.2, 0) is 4.79 Å². The first-order valence-corrected chi connectivity index (χ1v) is 9.39. The highest BCUT2D eigenvalue weighted by molar-refractivity contribution is 8.00. The maximum atomic E-state index is 13.8. The molecule has 1 amide bonds. The molecule has 1 unspecified atom stereocenters. The van der Waals surface area contributed by atoms with E-state index in [1.807, 2.05) is 0 Å². The average Bonchev–Trinajstić information content (AvgIpc) is 3.11.